The van der Waals surface area contributed by atoms with E-state index in [4.69, 9.17) is 0 Å². The van der Waals surface area contributed by atoms with Crippen LogP contribution in [0.3, 0.4) is 0 Å². The van der Waals surface area contributed by atoms with Gasteiger partial charge in [-0.15, -0.1) is 0 Å². The van der Waals surface area contributed by atoms with Gasteiger partial charge in [-0.3, -0.25) is 5.10 Å². The van der Waals surface area contributed by atoms with Crippen molar-refractivity contribution in [1.29, 1.82) is 0 Å². The fourth-order valence-electron chi connectivity index (χ4n) is 2.87. The minimum atomic E-state index is 0.581. The van der Waals surface area contributed by atoms with Gasteiger partial charge >= 0.3 is 0 Å². The smallest absolute Gasteiger partial charge is 0.226 e. The Bertz CT molecular complexity index is 601. The van der Waals surface area contributed by atoms with E-state index in [0.29, 0.717) is 12.0 Å². The van der Waals surface area contributed by atoms with Crippen LogP contribution in [-0.4, -0.2) is 32.8 Å². The highest BCUT2D eigenvalue weighted by Gasteiger charge is 2.41. The van der Waals surface area contributed by atoms with Gasteiger partial charge in [-0.05, 0) is 44.4 Å². The van der Waals surface area contributed by atoms with E-state index in [0.717, 1.165) is 35.2 Å². The zero-order chi connectivity index (χ0) is 13.5. The first kappa shape index (κ1) is 11.9. The third-order valence-corrected chi connectivity index (χ3v) is 4.21. The summed E-state index contributed by atoms with van der Waals surface area (Å²) in [6.45, 7) is 2.86. The first-order valence-corrected chi connectivity index (χ1v) is 7.56. The van der Waals surface area contributed by atoms with Crippen molar-refractivity contribution in [2.75, 3.05) is 17.2 Å². The molecule has 0 aromatic carbocycles. The number of rotatable bonds is 6. The van der Waals surface area contributed by atoms with E-state index in [1.54, 1.807) is 0 Å². The summed E-state index contributed by atoms with van der Waals surface area (Å²) in [6, 6.07) is 0.581. The van der Waals surface area contributed by atoms with Crippen molar-refractivity contribution in [3.05, 3.63) is 6.20 Å². The Morgan fingerprint density at radius 2 is 2.00 bits per heavy atom. The zero-order valence-electron chi connectivity index (χ0n) is 11.7. The third kappa shape index (κ3) is 2.19. The minimum absolute atomic E-state index is 0.581. The van der Waals surface area contributed by atoms with Gasteiger partial charge in [-0.25, -0.2) is 0 Å². The molecule has 20 heavy (non-hydrogen) atoms. The first-order valence-electron chi connectivity index (χ1n) is 7.56. The van der Waals surface area contributed by atoms with E-state index < -0.39 is 0 Å². The molecule has 2 aliphatic rings. The van der Waals surface area contributed by atoms with Crippen molar-refractivity contribution in [3.63, 3.8) is 0 Å². The standard InChI is InChI=1S/C14H20N6/c1-2-15-14-18-12(10-7-16-20-13(10)19-14)17-11(8-3-4-8)9-5-6-9/h7-9,11H,2-6H2,1H3,(H3,15,16,17,18,19,20). The van der Waals surface area contributed by atoms with Crippen LogP contribution in [0.5, 0.6) is 0 Å². The van der Waals surface area contributed by atoms with Gasteiger partial charge in [-0.1, -0.05) is 0 Å². The van der Waals surface area contributed by atoms with Gasteiger partial charge in [0.1, 0.15) is 5.82 Å². The van der Waals surface area contributed by atoms with E-state index in [-0.39, 0.29) is 0 Å². The Hall–Kier alpha value is -1.85. The summed E-state index contributed by atoms with van der Waals surface area (Å²) in [6.07, 6.45) is 7.23. The predicted octanol–water partition coefficient (Wildman–Crippen LogP) is 2.39. The van der Waals surface area contributed by atoms with E-state index in [1.807, 2.05) is 13.1 Å². The highest BCUT2D eigenvalue weighted by atomic mass is 15.2. The summed E-state index contributed by atoms with van der Waals surface area (Å²) in [7, 11) is 0. The fraction of sp³-hybridized carbons (Fsp3) is 0.643. The molecule has 2 aliphatic carbocycles. The van der Waals surface area contributed by atoms with Crippen LogP contribution in [0.1, 0.15) is 32.6 Å². The summed E-state index contributed by atoms with van der Waals surface area (Å²) in [5.74, 6) is 3.25. The average Bonchev–Trinajstić information content (AvgIpc) is 3.35. The van der Waals surface area contributed by atoms with E-state index in [2.05, 4.69) is 30.8 Å². The highest BCUT2D eigenvalue weighted by molar-refractivity contribution is 5.87. The quantitative estimate of drug-likeness (QED) is 0.752. The molecule has 0 aliphatic heterocycles. The van der Waals surface area contributed by atoms with E-state index in [9.17, 15) is 0 Å². The lowest BCUT2D eigenvalue weighted by atomic mass is 10.1. The molecule has 6 nitrogen and oxygen atoms in total. The van der Waals surface area contributed by atoms with Crippen LogP contribution in [-0.2, 0) is 0 Å². The topological polar surface area (TPSA) is 78.5 Å². The molecule has 4 rings (SSSR count). The maximum Gasteiger partial charge on any atom is 0.226 e. The van der Waals surface area contributed by atoms with Crippen molar-refractivity contribution < 1.29 is 0 Å². The molecule has 0 spiro atoms. The molecule has 0 atom stereocenters. The lowest BCUT2D eigenvalue weighted by Crippen LogP contribution is -2.25. The number of anilines is 2. The molecule has 3 N–H and O–H groups in total. The number of hydrogen-bond donors (Lipinski definition) is 3. The Balaban J connectivity index is 1.67. The van der Waals surface area contributed by atoms with Gasteiger partial charge in [0.25, 0.3) is 0 Å². The second kappa shape index (κ2) is 4.61. The Kier molecular flexibility index (Phi) is 2.75. The van der Waals surface area contributed by atoms with Crippen LogP contribution in [0.4, 0.5) is 11.8 Å². The molecule has 0 saturated heterocycles. The molecule has 2 aromatic rings. The summed E-state index contributed by atoms with van der Waals surface area (Å²) in [4.78, 5) is 9.06. The van der Waals surface area contributed by atoms with Crippen LogP contribution in [0, 0.1) is 11.8 Å². The zero-order valence-corrected chi connectivity index (χ0v) is 11.7. The van der Waals surface area contributed by atoms with Gasteiger partial charge < -0.3 is 10.6 Å². The Morgan fingerprint density at radius 1 is 1.25 bits per heavy atom. The van der Waals surface area contributed by atoms with Crippen molar-refractivity contribution in [2.45, 2.75) is 38.6 Å². The van der Waals surface area contributed by atoms with Crippen LogP contribution in [0.2, 0.25) is 0 Å². The number of hydrogen-bond acceptors (Lipinski definition) is 5. The number of nitrogens with one attached hydrogen (secondary N) is 3. The summed E-state index contributed by atoms with van der Waals surface area (Å²) < 4.78 is 0. The minimum Gasteiger partial charge on any atom is -0.366 e. The van der Waals surface area contributed by atoms with Gasteiger partial charge in [-0.2, -0.15) is 15.1 Å². The molecule has 0 radical (unpaired) electrons. The van der Waals surface area contributed by atoms with Crippen LogP contribution >= 0.6 is 0 Å². The molecular formula is C14H20N6. The van der Waals surface area contributed by atoms with Crippen molar-refractivity contribution in [3.8, 4) is 0 Å². The van der Waals surface area contributed by atoms with E-state index >= 15 is 0 Å². The molecule has 0 bridgehead atoms. The number of nitrogens with zero attached hydrogens (tertiary/aromatic N) is 3. The second-order valence-electron chi connectivity index (χ2n) is 5.90. The number of aromatic amines is 1. The molecule has 6 heteroatoms. The SMILES string of the molecule is CCNc1nc(NC(C2CC2)C2CC2)c2cn[nH]c2n1. The molecule has 2 heterocycles. The van der Waals surface area contributed by atoms with Crippen molar-refractivity contribution >= 4 is 22.8 Å². The maximum absolute atomic E-state index is 4.63. The monoisotopic (exact) mass is 272 g/mol. The average molecular weight is 272 g/mol. The Morgan fingerprint density at radius 3 is 2.65 bits per heavy atom. The third-order valence-electron chi connectivity index (χ3n) is 4.21. The van der Waals surface area contributed by atoms with Crippen molar-refractivity contribution in [1.82, 2.24) is 20.2 Å². The summed E-state index contributed by atoms with van der Waals surface area (Å²) in [5, 5.41) is 14.9. The number of H-pyrrole nitrogens is 1. The fourth-order valence-corrected chi connectivity index (χ4v) is 2.87. The second-order valence-corrected chi connectivity index (χ2v) is 5.90. The number of fused-ring (bicyclic) bond motifs is 1. The first-order chi connectivity index (χ1) is 9.85. The van der Waals surface area contributed by atoms with Gasteiger partial charge in [0, 0.05) is 12.6 Å². The molecule has 2 saturated carbocycles. The molecular weight excluding hydrogens is 252 g/mol. The van der Waals surface area contributed by atoms with Gasteiger partial charge in [0.15, 0.2) is 5.65 Å². The van der Waals surface area contributed by atoms with Gasteiger partial charge in [0.05, 0.1) is 11.6 Å². The van der Waals surface area contributed by atoms with Gasteiger partial charge in [0.2, 0.25) is 5.95 Å². The molecule has 0 amide bonds. The summed E-state index contributed by atoms with van der Waals surface area (Å²) >= 11 is 0. The van der Waals surface area contributed by atoms with Crippen molar-refractivity contribution in [2.24, 2.45) is 11.8 Å². The highest BCUT2D eigenvalue weighted by Crippen LogP contribution is 2.46. The van der Waals surface area contributed by atoms with Crippen LogP contribution in [0.25, 0.3) is 11.0 Å². The maximum atomic E-state index is 4.63. The molecule has 0 unspecified atom stereocenters. The Labute approximate surface area is 117 Å². The molecule has 106 valence electrons. The lowest BCUT2D eigenvalue weighted by molar-refractivity contribution is 0.566. The normalized spacial score (nSPS) is 18.7. The van der Waals surface area contributed by atoms with E-state index in [1.165, 1.54) is 25.7 Å². The largest absolute Gasteiger partial charge is 0.366 e. The lowest BCUT2D eigenvalue weighted by Gasteiger charge is -2.19. The molecule has 2 fully saturated rings. The molecule has 2 aromatic heterocycles. The van der Waals surface area contributed by atoms with Crippen LogP contribution < -0.4 is 10.6 Å². The number of aromatic nitrogens is 4. The summed E-state index contributed by atoms with van der Waals surface area (Å²) in [5.41, 5.74) is 0.795. The van der Waals surface area contributed by atoms with Crippen LogP contribution in [0.15, 0.2) is 6.20 Å². The predicted molar refractivity (Wildman–Crippen MR) is 78.7 cm³/mol.